The lowest BCUT2D eigenvalue weighted by Crippen LogP contribution is -2.45. The van der Waals surface area contributed by atoms with Crippen LogP contribution in [0, 0.1) is 0 Å². The molecule has 1 fully saturated rings. The van der Waals surface area contributed by atoms with Gasteiger partial charge in [0.15, 0.2) is 4.34 Å². The van der Waals surface area contributed by atoms with E-state index in [4.69, 9.17) is 9.47 Å². The lowest BCUT2D eigenvalue weighted by Gasteiger charge is -2.31. The summed E-state index contributed by atoms with van der Waals surface area (Å²) in [6, 6.07) is 7.62. The molecule has 1 amide bonds. The number of para-hydroxylation sites is 2. The summed E-state index contributed by atoms with van der Waals surface area (Å²) >= 11 is 2.82. The molecular formula is C16H20N4O3S2. The van der Waals surface area contributed by atoms with Crippen LogP contribution < -0.4 is 10.1 Å². The number of carbonyl (C=O) groups excluding carboxylic acids is 1. The lowest BCUT2D eigenvalue weighted by molar-refractivity contribution is -0.135. The van der Waals surface area contributed by atoms with Crippen molar-refractivity contribution in [2.75, 3.05) is 37.9 Å². The lowest BCUT2D eigenvalue weighted by atomic mass is 10.3. The van der Waals surface area contributed by atoms with Crippen molar-refractivity contribution in [3.63, 3.8) is 0 Å². The normalized spacial score (nSPS) is 17.4. The van der Waals surface area contributed by atoms with Gasteiger partial charge in [0.25, 0.3) is 0 Å². The second kappa shape index (κ2) is 8.50. The maximum absolute atomic E-state index is 12.3. The SMILES string of the molecule is COc1ccccc1Nc1nnc(SCC(=O)N2CCOC(C)C2)s1. The molecule has 1 unspecified atom stereocenters. The molecular weight excluding hydrogens is 360 g/mol. The van der Waals surface area contributed by atoms with E-state index < -0.39 is 0 Å². The number of ether oxygens (including phenoxy) is 2. The molecule has 2 aromatic rings. The van der Waals surface area contributed by atoms with Crippen molar-refractivity contribution in [1.29, 1.82) is 0 Å². The van der Waals surface area contributed by atoms with Crippen LogP contribution in [0.15, 0.2) is 28.6 Å². The summed E-state index contributed by atoms with van der Waals surface area (Å²) in [5.41, 5.74) is 0.830. The number of methoxy groups -OCH3 is 1. The maximum Gasteiger partial charge on any atom is 0.233 e. The smallest absolute Gasteiger partial charge is 0.233 e. The van der Waals surface area contributed by atoms with Gasteiger partial charge in [0.05, 0.1) is 31.3 Å². The van der Waals surface area contributed by atoms with Crippen molar-refractivity contribution < 1.29 is 14.3 Å². The van der Waals surface area contributed by atoms with E-state index in [-0.39, 0.29) is 12.0 Å². The van der Waals surface area contributed by atoms with Gasteiger partial charge >= 0.3 is 0 Å². The predicted octanol–water partition coefficient (Wildman–Crippen LogP) is 2.63. The molecule has 1 aromatic heterocycles. The van der Waals surface area contributed by atoms with Crippen molar-refractivity contribution in [2.45, 2.75) is 17.4 Å². The van der Waals surface area contributed by atoms with Crippen molar-refractivity contribution in [3.05, 3.63) is 24.3 Å². The van der Waals surface area contributed by atoms with Crippen LogP contribution in [-0.4, -0.2) is 59.7 Å². The summed E-state index contributed by atoms with van der Waals surface area (Å²) in [5.74, 6) is 1.20. The van der Waals surface area contributed by atoms with Crippen molar-refractivity contribution in [2.24, 2.45) is 0 Å². The van der Waals surface area contributed by atoms with Gasteiger partial charge in [0.1, 0.15) is 5.75 Å². The molecule has 1 N–H and O–H groups in total. The minimum Gasteiger partial charge on any atom is -0.495 e. The number of amides is 1. The Morgan fingerprint density at radius 2 is 2.32 bits per heavy atom. The zero-order valence-electron chi connectivity index (χ0n) is 14.1. The molecule has 3 rings (SSSR count). The molecule has 0 aliphatic carbocycles. The number of nitrogens with one attached hydrogen (secondary N) is 1. The Labute approximate surface area is 154 Å². The average Bonchev–Trinajstić information content (AvgIpc) is 3.07. The molecule has 1 saturated heterocycles. The van der Waals surface area contributed by atoms with Gasteiger partial charge in [-0.15, -0.1) is 10.2 Å². The summed E-state index contributed by atoms with van der Waals surface area (Å²) in [5, 5.41) is 12.1. The molecule has 1 atom stereocenters. The van der Waals surface area contributed by atoms with Gasteiger partial charge in [0.2, 0.25) is 11.0 Å². The van der Waals surface area contributed by atoms with Crippen LogP contribution in [0.3, 0.4) is 0 Å². The standard InChI is InChI=1S/C16H20N4O3S2/c1-11-9-20(7-8-23-11)14(21)10-24-16-19-18-15(25-16)17-12-5-3-4-6-13(12)22-2/h3-6,11H,7-10H2,1-2H3,(H,17,18). The highest BCUT2D eigenvalue weighted by Gasteiger charge is 2.21. The summed E-state index contributed by atoms with van der Waals surface area (Å²) in [6.45, 7) is 3.88. The van der Waals surface area contributed by atoms with Crippen LogP contribution in [-0.2, 0) is 9.53 Å². The highest BCUT2D eigenvalue weighted by Crippen LogP contribution is 2.31. The average molecular weight is 380 g/mol. The largest absolute Gasteiger partial charge is 0.495 e. The minimum absolute atomic E-state index is 0.0980. The van der Waals surface area contributed by atoms with E-state index in [9.17, 15) is 4.79 Å². The van der Waals surface area contributed by atoms with Gasteiger partial charge in [-0.05, 0) is 19.1 Å². The highest BCUT2D eigenvalue weighted by molar-refractivity contribution is 8.01. The number of aromatic nitrogens is 2. The van der Waals surface area contributed by atoms with Crippen LogP contribution in [0.25, 0.3) is 0 Å². The number of rotatable bonds is 6. The third-order valence-electron chi connectivity index (χ3n) is 3.67. The van der Waals surface area contributed by atoms with Crippen LogP contribution in [0.2, 0.25) is 0 Å². The second-order valence-corrected chi connectivity index (χ2v) is 7.71. The molecule has 9 heteroatoms. The van der Waals surface area contributed by atoms with Crippen LogP contribution in [0.1, 0.15) is 6.92 Å². The third-order valence-corrected chi connectivity index (χ3v) is 5.62. The van der Waals surface area contributed by atoms with Crippen molar-refractivity contribution in [3.8, 4) is 5.75 Å². The number of morpholine rings is 1. The quantitative estimate of drug-likeness (QED) is 0.772. The van der Waals surface area contributed by atoms with E-state index in [1.54, 1.807) is 7.11 Å². The Morgan fingerprint density at radius 1 is 1.48 bits per heavy atom. The van der Waals surface area contributed by atoms with E-state index in [1.807, 2.05) is 36.1 Å². The fraction of sp³-hybridized carbons (Fsp3) is 0.438. The molecule has 0 saturated carbocycles. The fourth-order valence-electron chi connectivity index (χ4n) is 2.44. The number of nitrogens with zero attached hydrogens (tertiary/aromatic N) is 3. The molecule has 0 radical (unpaired) electrons. The summed E-state index contributed by atoms with van der Waals surface area (Å²) in [6.07, 6.45) is 0.0980. The number of hydrogen-bond acceptors (Lipinski definition) is 8. The minimum atomic E-state index is 0.0980. The van der Waals surface area contributed by atoms with Crippen LogP contribution in [0.5, 0.6) is 5.75 Å². The van der Waals surface area contributed by atoms with E-state index in [1.165, 1.54) is 23.1 Å². The first-order chi connectivity index (χ1) is 12.2. The Morgan fingerprint density at radius 3 is 3.12 bits per heavy atom. The molecule has 7 nitrogen and oxygen atoms in total. The first-order valence-corrected chi connectivity index (χ1v) is 9.71. The Balaban J connectivity index is 1.54. The molecule has 1 aromatic carbocycles. The highest BCUT2D eigenvalue weighted by atomic mass is 32.2. The van der Waals surface area contributed by atoms with Gasteiger partial charge in [-0.2, -0.15) is 0 Å². The number of carbonyl (C=O) groups is 1. The molecule has 0 bridgehead atoms. The number of hydrogen-bond donors (Lipinski definition) is 1. The second-order valence-electron chi connectivity index (χ2n) is 5.51. The Bertz CT molecular complexity index is 725. The van der Waals surface area contributed by atoms with Gasteiger partial charge in [-0.1, -0.05) is 35.2 Å². The number of anilines is 2. The maximum atomic E-state index is 12.3. The zero-order valence-corrected chi connectivity index (χ0v) is 15.7. The Hall–Kier alpha value is -1.84. The van der Waals surface area contributed by atoms with Gasteiger partial charge in [0, 0.05) is 13.1 Å². The molecule has 1 aliphatic heterocycles. The Kier molecular flexibility index (Phi) is 6.11. The van der Waals surface area contributed by atoms with Crippen molar-refractivity contribution in [1.82, 2.24) is 15.1 Å². The van der Waals surface area contributed by atoms with E-state index in [2.05, 4.69) is 15.5 Å². The summed E-state index contributed by atoms with van der Waals surface area (Å²) < 4.78 is 11.5. The predicted molar refractivity (Wildman–Crippen MR) is 98.9 cm³/mol. The molecule has 134 valence electrons. The van der Waals surface area contributed by atoms with Gasteiger partial charge in [-0.25, -0.2) is 0 Å². The first kappa shape index (κ1) is 18.0. The number of benzene rings is 1. The van der Waals surface area contributed by atoms with Gasteiger partial charge in [-0.3, -0.25) is 4.79 Å². The third kappa shape index (κ3) is 4.83. The zero-order chi connectivity index (χ0) is 17.6. The summed E-state index contributed by atoms with van der Waals surface area (Å²) in [7, 11) is 1.62. The van der Waals surface area contributed by atoms with Crippen LogP contribution in [0.4, 0.5) is 10.8 Å². The summed E-state index contributed by atoms with van der Waals surface area (Å²) in [4.78, 5) is 14.1. The molecule has 25 heavy (non-hydrogen) atoms. The monoisotopic (exact) mass is 380 g/mol. The van der Waals surface area contributed by atoms with E-state index >= 15 is 0 Å². The van der Waals surface area contributed by atoms with E-state index in [0.29, 0.717) is 30.6 Å². The molecule has 0 spiro atoms. The molecule has 1 aliphatic rings. The molecule has 2 heterocycles. The first-order valence-electron chi connectivity index (χ1n) is 7.91. The van der Waals surface area contributed by atoms with Gasteiger partial charge < -0.3 is 19.7 Å². The van der Waals surface area contributed by atoms with Crippen LogP contribution >= 0.6 is 23.1 Å². The number of thioether (sulfide) groups is 1. The topological polar surface area (TPSA) is 76.6 Å². The van der Waals surface area contributed by atoms with Crippen molar-refractivity contribution >= 4 is 39.8 Å². The van der Waals surface area contributed by atoms with E-state index in [0.717, 1.165) is 15.8 Å². The fourth-order valence-corrected chi connectivity index (χ4v) is 4.11.